The van der Waals surface area contributed by atoms with E-state index in [0.717, 1.165) is 5.56 Å². The van der Waals surface area contributed by atoms with Gasteiger partial charge in [-0.25, -0.2) is 0 Å². The summed E-state index contributed by atoms with van der Waals surface area (Å²) in [5.74, 6) is -1.36. The van der Waals surface area contributed by atoms with Crippen LogP contribution in [0.3, 0.4) is 0 Å². The van der Waals surface area contributed by atoms with Crippen LogP contribution in [0.15, 0.2) is 18.3 Å². The fourth-order valence-electron chi connectivity index (χ4n) is 0.862. The zero-order chi connectivity index (χ0) is 9.14. The summed E-state index contributed by atoms with van der Waals surface area (Å²) in [6, 6.07) is 3.61. The summed E-state index contributed by atoms with van der Waals surface area (Å²) >= 11 is 0. The van der Waals surface area contributed by atoms with E-state index in [4.69, 9.17) is 5.11 Å². The van der Waals surface area contributed by atoms with Crippen LogP contribution in [0.2, 0.25) is 0 Å². The van der Waals surface area contributed by atoms with Crippen molar-refractivity contribution in [1.29, 1.82) is 0 Å². The summed E-state index contributed by atoms with van der Waals surface area (Å²) in [6.07, 6.45) is 1.68. The van der Waals surface area contributed by atoms with Crippen molar-refractivity contribution in [3.8, 4) is 0 Å². The molecule has 3 heteroatoms. The van der Waals surface area contributed by atoms with E-state index in [0.29, 0.717) is 5.69 Å². The van der Waals surface area contributed by atoms with Gasteiger partial charge in [-0.3, -0.25) is 9.78 Å². The van der Waals surface area contributed by atoms with Gasteiger partial charge in [0.2, 0.25) is 0 Å². The monoisotopic (exact) mass is 165 g/mol. The summed E-state index contributed by atoms with van der Waals surface area (Å²) < 4.78 is 0. The van der Waals surface area contributed by atoms with Gasteiger partial charge in [-0.1, -0.05) is 6.07 Å². The zero-order valence-electron chi connectivity index (χ0n) is 7.11. The first-order valence-electron chi connectivity index (χ1n) is 3.76. The summed E-state index contributed by atoms with van der Waals surface area (Å²) in [5, 5.41) is 8.66. The molecule has 1 heterocycles. The number of aliphatic carboxylic acids is 1. The van der Waals surface area contributed by atoms with Gasteiger partial charge >= 0.3 is 5.97 Å². The van der Waals surface area contributed by atoms with Crippen molar-refractivity contribution in [1.82, 2.24) is 4.98 Å². The largest absolute Gasteiger partial charge is 0.481 e. The Bertz CT molecular complexity index is 279. The number of carboxylic acid groups (broad SMARTS) is 1. The maximum Gasteiger partial charge on any atom is 0.312 e. The molecule has 0 spiro atoms. The Morgan fingerprint density at radius 2 is 2.25 bits per heavy atom. The molecule has 0 aliphatic rings. The SMILES string of the molecule is Cc1ccc(C(C)C(=O)O)nc1. The van der Waals surface area contributed by atoms with E-state index in [1.807, 2.05) is 13.0 Å². The maximum atomic E-state index is 10.5. The first kappa shape index (κ1) is 8.71. The molecule has 12 heavy (non-hydrogen) atoms. The molecule has 1 aromatic rings. The van der Waals surface area contributed by atoms with Crippen molar-refractivity contribution in [2.75, 3.05) is 0 Å². The van der Waals surface area contributed by atoms with E-state index in [-0.39, 0.29) is 0 Å². The van der Waals surface area contributed by atoms with Crippen LogP contribution < -0.4 is 0 Å². The maximum absolute atomic E-state index is 10.5. The van der Waals surface area contributed by atoms with Crippen molar-refractivity contribution in [2.24, 2.45) is 0 Å². The van der Waals surface area contributed by atoms with Gasteiger partial charge < -0.3 is 5.11 Å². The molecule has 1 unspecified atom stereocenters. The number of carbonyl (C=O) groups is 1. The Balaban J connectivity index is 2.89. The lowest BCUT2D eigenvalue weighted by molar-refractivity contribution is -0.138. The van der Waals surface area contributed by atoms with Crippen molar-refractivity contribution in [3.05, 3.63) is 29.6 Å². The molecule has 0 aliphatic carbocycles. The van der Waals surface area contributed by atoms with Gasteiger partial charge in [-0.15, -0.1) is 0 Å². The van der Waals surface area contributed by atoms with Crippen LogP contribution in [0, 0.1) is 6.92 Å². The lowest BCUT2D eigenvalue weighted by Crippen LogP contribution is -2.08. The van der Waals surface area contributed by atoms with Crippen LogP contribution >= 0.6 is 0 Å². The van der Waals surface area contributed by atoms with Gasteiger partial charge in [0.25, 0.3) is 0 Å². The third-order valence-corrected chi connectivity index (χ3v) is 1.75. The van der Waals surface area contributed by atoms with Gasteiger partial charge in [-0.05, 0) is 25.5 Å². The highest BCUT2D eigenvalue weighted by atomic mass is 16.4. The molecular formula is C9H11NO2. The van der Waals surface area contributed by atoms with E-state index < -0.39 is 11.9 Å². The van der Waals surface area contributed by atoms with Crippen molar-refractivity contribution >= 4 is 5.97 Å². The second-order valence-corrected chi connectivity index (χ2v) is 2.82. The third kappa shape index (κ3) is 1.81. The minimum atomic E-state index is -0.841. The van der Waals surface area contributed by atoms with Crippen molar-refractivity contribution < 1.29 is 9.90 Å². The predicted molar refractivity (Wildman–Crippen MR) is 45.0 cm³/mol. The summed E-state index contributed by atoms with van der Waals surface area (Å²) in [7, 11) is 0. The number of nitrogens with zero attached hydrogens (tertiary/aromatic N) is 1. The molecule has 0 saturated heterocycles. The van der Waals surface area contributed by atoms with Gasteiger partial charge in [0, 0.05) is 6.20 Å². The molecule has 0 bridgehead atoms. The molecule has 0 amide bonds. The van der Waals surface area contributed by atoms with Crippen LogP contribution in [-0.2, 0) is 4.79 Å². The molecule has 64 valence electrons. The number of aryl methyl sites for hydroxylation is 1. The highest BCUT2D eigenvalue weighted by Crippen LogP contribution is 2.12. The second kappa shape index (κ2) is 3.34. The number of carboxylic acids is 1. The molecule has 1 aromatic heterocycles. The topological polar surface area (TPSA) is 50.2 Å². The molecule has 0 aromatic carbocycles. The quantitative estimate of drug-likeness (QED) is 0.723. The van der Waals surface area contributed by atoms with Gasteiger partial charge in [0.15, 0.2) is 0 Å². The van der Waals surface area contributed by atoms with Gasteiger partial charge in [0.05, 0.1) is 11.6 Å². The lowest BCUT2D eigenvalue weighted by atomic mass is 10.1. The first-order valence-corrected chi connectivity index (χ1v) is 3.76. The summed E-state index contributed by atoms with van der Waals surface area (Å²) in [6.45, 7) is 3.54. The summed E-state index contributed by atoms with van der Waals surface area (Å²) in [4.78, 5) is 14.6. The van der Waals surface area contributed by atoms with E-state index in [2.05, 4.69) is 4.98 Å². The number of rotatable bonds is 2. The van der Waals surface area contributed by atoms with E-state index in [1.54, 1.807) is 19.2 Å². The Morgan fingerprint density at radius 3 is 2.67 bits per heavy atom. The average Bonchev–Trinajstić information content (AvgIpc) is 2.04. The number of pyridine rings is 1. The molecule has 0 saturated carbocycles. The van der Waals surface area contributed by atoms with Crippen LogP contribution in [0.1, 0.15) is 24.1 Å². The number of hydrogen-bond acceptors (Lipinski definition) is 2. The Morgan fingerprint density at radius 1 is 1.58 bits per heavy atom. The summed E-state index contributed by atoms with van der Waals surface area (Å²) in [5.41, 5.74) is 1.64. The highest BCUT2D eigenvalue weighted by Gasteiger charge is 2.13. The van der Waals surface area contributed by atoms with Gasteiger partial charge in [-0.2, -0.15) is 0 Å². The van der Waals surface area contributed by atoms with E-state index >= 15 is 0 Å². The molecular weight excluding hydrogens is 154 g/mol. The minimum Gasteiger partial charge on any atom is -0.481 e. The van der Waals surface area contributed by atoms with E-state index in [9.17, 15) is 4.79 Å². The lowest BCUT2D eigenvalue weighted by Gasteiger charge is -2.04. The molecule has 0 aliphatic heterocycles. The molecule has 1 N–H and O–H groups in total. The highest BCUT2D eigenvalue weighted by molar-refractivity contribution is 5.74. The van der Waals surface area contributed by atoms with Crippen molar-refractivity contribution in [3.63, 3.8) is 0 Å². The standard InChI is InChI=1S/C9H11NO2/c1-6-3-4-8(10-5-6)7(2)9(11)12/h3-5,7H,1-2H3,(H,11,12). The normalized spacial score (nSPS) is 12.5. The third-order valence-electron chi connectivity index (χ3n) is 1.75. The molecule has 3 nitrogen and oxygen atoms in total. The molecule has 0 fully saturated rings. The second-order valence-electron chi connectivity index (χ2n) is 2.82. The molecule has 1 atom stereocenters. The predicted octanol–water partition coefficient (Wildman–Crippen LogP) is 1.58. The Kier molecular flexibility index (Phi) is 2.43. The van der Waals surface area contributed by atoms with Crippen LogP contribution in [0.25, 0.3) is 0 Å². The fourth-order valence-corrected chi connectivity index (χ4v) is 0.862. The number of hydrogen-bond donors (Lipinski definition) is 1. The Labute approximate surface area is 71.1 Å². The molecule has 0 radical (unpaired) electrons. The zero-order valence-corrected chi connectivity index (χ0v) is 7.11. The first-order chi connectivity index (χ1) is 5.61. The number of aromatic nitrogens is 1. The van der Waals surface area contributed by atoms with E-state index in [1.165, 1.54) is 0 Å². The minimum absolute atomic E-state index is 0.523. The van der Waals surface area contributed by atoms with Crippen molar-refractivity contribution in [2.45, 2.75) is 19.8 Å². The smallest absolute Gasteiger partial charge is 0.312 e. The van der Waals surface area contributed by atoms with Crippen LogP contribution in [-0.4, -0.2) is 16.1 Å². The van der Waals surface area contributed by atoms with Crippen LogP contribution in [0.5, 0.6) is 0 Å². The molecule has 1 rings (SSSR count). The average molecular weight is 165 g/mol. The van der Waals surface area contributed by atoms with Crippen LogP contribution in [0.4, 0.5) is 0 Å². The Hall–Kier alpha value is -1.38. The van der Waals surface area contributed by atoms with Gasteiger partial charge in [0.1, 0.15) is 0 Å². The fraction of sp³-hybridized carbons (Fsp3) is 0.333.